The molecule has 0 aliphatic heterocycles. The predicted octanol–water partition coefficient (Wildman–Crippen LogP) is 3.22. The first-order valence-corrected chi connectivity index (χ1v) is 6.91. The van der Waals surface area contributed by atoms with Crippen LogP contribution in [0.25, 0.3) is 0 Å². The second-order valence-corrected chi connectivity index (χ2v) is 5.29. The van der Waals surface area contributed by atoms with Crippen LogP contribution >= 0.6 is 11.8 Å². The van der Waals surface area contributed by atoms with Crippen LogP contribution in [0.4, 0.5) is 4.39 Å². The summed E-state index contributed by atoms with van der Waals surface area (Å²) in [4.78, 5) is 20.2. The summed E-state index contributed by atoms with van der Waals surface area (Å²) in [6, 6.07) is 6.27. The molecule has 1 aromatic carbocycles. The zero-order valence-electron chi connectivity index (χ0n) is 11.1. The predicted molar refractivity (Wildman–Crippen MR) is 74.4 cm³/mol. The number of nitrogens with zero attached hydrogens (tertiary/aromatic N) is 2. The lowest BCUT2D eigenvalue weighted by Crippen LogP contribution is -2.09. The normalized spacial score (nSPS) is 10.6. The number of carboxylic acid groups (broad SMARTS) is 1. The summed E-state index contributed by atoms with van der Waals surface area (Å²) < 4.78 is 13.1. The maximum absolute atomic E-state index is 13.1. The van der Waals surface area contributed by atoms with Crippen molar-refractivity contribution in [3.8, 4) is 0 Å². The van der Waals surface area contributed by atoms with Crippen LogP contribution in [0.15, 0.2) is 29.2 Å². The lowest BCUT2D eigenvalue weighted by Gasteiger charge is -2.07. The fraction of sp³-hybridized carbons (Fsp3) is 0.214. The number of hydrogen-bond donors (Lipinski definition) is 1. The molecule has 0 aliphatic rings. The highest BCUT2D eigenvalue weighted by molar-refractivity contribution is 7.98. The van der Waals surface area contributed by atoms with Gasteiger partial charge < -0.3 is 5.11 Å². The number of benzene rings is 1. The Labute approximate surface area is 120 Å². The zero-order valence-corrected chi connectivity index (χ0v) is 11.9. The lowest BCUT2D eigenvalue weighted by molar-refractivity contribution is 0.0694. The molecule has 1 aromatic heterocycles. The molecule has 0 spiro atoms. The summed E-state index contributed by atoms with van der Waals surface area (Å²) in [7, 11) is 0. The Morgan fingerprint density at radius 1 is 1.30 bits per heavy atom. The summed E-state index contributed by atoms with van der Waals surface area (Å²) >= 11 is 1.41. The largest absolute Gasteiger partial charge is 0.478 e. The summed E-state index contributed by atoms with van der Waals surface area (Å²) in [5.41, 5.74) is 1.03. The van der Waals surface area contributed by atoms with Gasteiger partial charge in [-0.25, -0.2) is 19.2 Å². The second-order valence-electron chi connectivity index (χ2n) is 4.24. The molecule has 104 valence electrons. The number of hydrogen-bond acceptors (Lipinski definition) is 4. The highest BCUT2D eigenvalue weighted by Crippen LogP contribution is 2.22. The topological polar surface area (TPSA) is 63.1 Å². The first-order chi connectivity index (χ1) is 9.47. The average molecular weight is 292 g/mol. The molecule has 6 heteroatoms. The van der Waals surface area contributed by atoms with Crippen molar-refractivity contribution in [3.05, 3.63) is 52.9 Å². The van der Waals surface area contributed by atoms with E-state index in [9.17, 15) is 9.18 Å². The van der Waals surface area contributed by atoms with Gasteiger partial charge in [-0.15, -0.1) is 11.8 Å². The Bertz CT molecular complexity index is 638. The van der Waals surface area contributed by atoms with Crippen molar-refractivity contribution in [2.45, 2.75) is 24.5 Å². The molecule has 0 bridgehead atoms. The van der Waals surface area contributed by atoms with Crippen LogP contribution in [0, 0.1) is 19.7 Å². The SMILES string of the molecule is Cc1nc(CSc2cccc(F)c2)nc(C)c1C(=O)O. The Morgan fingerprint density at radius 3 is 2.50 bits per heavy atom. The standard InChI is InChI=1S/C14H13FN2O2S/c1-8-13(14(18)19)9(2)17-12(16-8)7-20-11-5-3-4-10(15)6-11/h3-6H,7H2,1-2H3,(H,18,19). The number of carboxylic acids is 1. The Balaban J connectivity index is 2.17. The van der Waals surface area contributed by atoms with Gasteiger partial charge in [0, 0.05) is 4.90 Å². The summed E-state index contributed by atoms with van der Waals surface area (Å²) in [6.45, 7) is 3.29. The minimum atomic E-state index is -1.02. The van der Waals surface area contributed by atoms with Gasteiger partial charge in [-0.1, -0.05) is 6.07 Å². The first kappa shape index (κ1) is 14.5. The molecule has 0 amide bonds. The minimum absolute atomic E-state index is 0.143. The molecule has 0 radical (unpaired) electrons. The maximum Gasteiger partial charge on any atom is 0.339 e. The molecule has 0 saturated carbocycles. The number of aromatic carboxylic acids is 1. The lowest BCUT2D eigenvalue weighted by atomic mass is 10.2. The minimum Gasteiger partial charge on any atom is -0.478 e. The first-order valence-electron chi connectivity index (χ1n) is 5.93. The third-order valence-corrected chi connectivity index (χ3v) is 3.68. The van der Waals surface area contributed by atoms with Crippen LogP contribution in [-0.4, -0.2) is 21.0 Å². The van der Waals surface area contributed by atoms with Crippen LogP contribution in [0.1, 0.15) is 27.6 Å². The van der Waals surface area contributed by atoms with Gasteiger partial charge >= 0.3 is 5.97 Å². The second kappa shape index (κ2) is 6.00. The zero-order chi connectivity index (χ0) is 14.7. The van der Waals surface area contributed by atoms with Gasteiger partial charge in [0.2, 0.25) is 0 Å². The van der Waals surface area contributed by atoms with Crippen molar-refractivity contribution in [2.24, 2.45) is 0 Å². The molecular formula is C14H13FN2O2S. The van der Waals surface area contributed by atoms with Crippen LogP contribution in [0.5, 0.6) is 0 Å². The fourth-order valence-electron chi connectivity index (χ4n) is 1.86. The number of rotatable bonds is 4. The molecule has 0 fully saturated rings. The molecule has 0 unspecified atom stereocenters. The molecule has 2 aromatic rings. The molecule has 1 heterocycles. The summed E-state index contributed by atoms with van der Waals surface area (Å²) in [5, 5.41) is 9.05. The third kappa shape index (κ3) is 3.33. The smallest absolute Gasteiger partial charge is 0.339 e. The maximum atomic E-state index is 13.1. The van der Waals surface area contributed by atoms with Gasteiger partial charge in [0.15, 0.2) is 0 Å². The number of halogens is 1. The van der Waals surface area contributed by atoms with E-state index >= 15 is 0 Å². The van der Waals surface area contributed by atoms with Crippen molar-refractivity contribution in [3.63, 3.8) is 0 Å². The van der Waals surface area contributed by atoms with E-state index in [0.29, 0.717) is 23.0 Å². The van der Waals surface area contributed by atoms with E-state index in [1.54, 1.807) is 26.0 Å². The highest BCUT2D eigenvalue weighted by Gasteiger charge is 2.14. The molecule has 1 N–H and O–H groups in total. The van der Waals surface area contributed by atoms with Gasteiger partial charge in [-0.3, -0.25) is 0 Å². The van der Waals surface area contributed by atoms with Crippen molar-refractivity contribution in [1.82, 2.24) is 9.97 Å². The van der Waals surface area contributed by atoms with Gasteiger partial charge in [0.25, 0.3) is 0 Å². The number of aryl methyl sites for hydroxylation is 2. The van der Waals surface area contributed by atoms with E-state index in [1.165, 1.54) is 23.9 Å². The molecule has 0 aliphatic carbocycles. The number of thioether (sulfide) groups is 1. The Morgan fingerprint density at radius 2 is 1.95 bits per heavy atom. The van der Waals surface area contributed by atoms with Crippen LogP contribution in [0.2, 0.25) is 0 Å². The van der Waals surface area contributed by atoms with Crippen molar-refractivity contribution >= 4 is 17.7 Å². The molecule has 0 saturated heterocycles. The van der Waals surface area contributed by atoms with Crippen LogP contribution in [-0.2, 0) is 5.75 Å². The van der Waals surface area contributed by atoms with E-state index < -0.39 is 5.97 Å². The summed E-state index contributed by atoms with van der Waals surface area (Å²) in [6.07, 6.45) is 0. The number of aromatic nitrogens is 2. The van der Waals surface area contributed by atoms with Crippen LogP contribution in [0.3, 0.4) is 0 Å². The van der Waals surface area contributed by atoms with Crippen molar-refractivity contribution in [1.29, 1.82) is 0 Å². The molecule has 0 atom stereocenters. The molecule has 4 nitrogen and oxygen atoms in total. The molecule has 20 heavy (non-hydrogen) atoms. The Kier molecular flexibility index (Phi) is 4.34. The number of carbonyl (C=O) groups is 1. The summed E-state index contributed by atoms with van der Waals surface area (Å²) in [5.74, 6) is -0.307. The van der Waals surface area contributed by atoms with E-state index in [4.69, 9.17) is 5.11 Å². The van der Waals surface area contributed by atoms with Gasteiger partial charge in [0.1, 0.15) is 17.2 Å². The average Bonchev–Trinajstić information content (AvgIpc) is 2.35. The fourth-order valence-corrected chi connectivity index (χ4v) is 2.66. The van der Waals surface area contributed by atoms with E-state index in [2.05, 4.69) is 9.97 Å². The third-order valence-electron chi connectivity index (χ3n) is 2.70. The van der Waals surface area contributed by atoms with E-state index in [0.717, 1.165) is 4.90 Å². The van der Waals surface area contributed by atoms with Crippen LogP contribution < -0.4 is 0 Å². The molecule has 2 rings (SSSR count). The van der Waals surface area contributed by atoms with E-state index in [1.807, 2.05) is 0 Å². The van der Waals surface area contributed by atoms with E-state index in [-0.39, 0.29) is 11.4 Å². The van der Waals surface area contributed by atoms with Gasteiger partial charge in [-0.2, -0.15) is 0 Å². The quantitative estimate of drug-likeness (QED) is 0.877. The monoisotopic (exact) mass is 292 g/mol. The van der Waals surface area contributed by atoms with Gasteiger partial charge in [0.05, 0.1) is 17.1 Å². The Hall–Kier alpha value is -1.95. The highest BCUT2D eigenvalue weighted by atomic mass is 32.2. The van der Waals surface area contributed by atoms with Gasteiger partial charge in [-0.05, 0) is 32.0 Å². The van der Waals surface area contributed by atoms with Crippen molar-refractivity contribution < 1.29 is 14.3 Å². The molecular weight excluding hydrogens is 279 g/mol. The van der Waals surface area contributed by atoms with Crippen molar-refractivity contribution in [2.75, 3.05) is 0 Å².